The fraction of sp³-hybridized carbons (Fsp3) is 0.350. The number of imidazole rings is 1. The summed E-state index contributed by atoms with van der Waals surface area (Å²) in [5.74, 6) is 2.61. The summed E-state index contributed by atoms with van der Waals surface area (Å²) >= 11 is 5.75. The van der Waals surface area contributed by atoms with Crippen LogP contribution in [0.2, 0.25) is 0 Å². The van der Waals surface area contributed by atoms with Gasteiger partial charge in [0.2, 0.25) is 0 Å². The second-order valence-electron chi connectivity index (χ2n) is 5.87. The van der Waals surface area contributed by atoms with Crippen LogP contribution in [0.15, 0.2) is 54.6 Å². The van der Waals surface area contributed by atoms with Crippen LogP contribution in [0.4, 0.5) is 0 Å². The number of hydrogen-bond donors (Lipinski definition) is 0. The molecule has 0 fully saturated rings. The smallest absolute Gasteiger partial charge is 0.147 e. The van der Waals surface area contributed by atoms with E-state index in [1.807, 2.05) is 36.4 Å². The molecular formula is C20H23ClN2O. The van der Waals surface area contributed by atoms with Crippen LogP contribution in [-0.2, 0) is 13.2 Å². The first-order valence-corrected chi connectivity index (χ1v) is 9.10. The Kier molecular flexibility index (Phi) is 6.13. The molecule has 1 aromatic heterocycles. The van der Waals surface area contributed by atoms with Gasteiger partial charge in [-0.05, 0) is 37.1 Å². The molecular weight excluding hydrogens is 320 g/mol. The molecule has 4 heteroatoms. The number of aromatic nitrogens is 2. The van der Waals surface area contributed by atoms with Crippen molar-refractivity contribution in [2.75, 3.05) is 5.88 Å². The van der Waals surface area contributed by atoms with Crippen LogP contribution in [-0.4, -0.2) is 15.4 Å². The van der Waals surface area contributed by atoms with Gasteiger partial charge in [-0.15, -0.1) is 11.6 Å². The molecule has 0 saturated heterocycles. The Morgan fingerprint density at radius 2 is 1.62 bits per heavy atom. The molecule has 0 bridgehead atoms. The summed E-state index contributed by atoms with van der Waals surface area (Å²) in [6.45, 7) is 1.46. The molecule has 2 aromatic carbocycles. The van der Waals surface area contributed by atoms with Gasteiger partial charge in [0.25, 0.3) is 0 Å². The van der Waals surface area contributed by atoms with Gasteiger partial charge < -0.3 is 9.30 Å². The topological polar surface area (TPSA) is 27.1 Å². The number of nitrogens with zero attached hydrogens (tertiary/aromatic N) is 2. The van der Waals surface area contributed by atoms with Crippen molar-refractivity contribution in [2.45, 2.75) is 38.8 Å². The van der Waals surface area contributed by atoms with Gasteiger partial charge in [-0.1, -0.05) is 43.2 Å². The van der Waals surface area contributed by atoms with Crippen molar-refractivity contribution >= 4 is 22.6 Å². The number of halogens is 1. The molecule has 0 radical (unpaired) electrons. The van der Waals surface area contributed by atoms with E-state index in [-0.39, 0.29) is 0 Å². The van der Waals surface area contributed by atoms with Crippen molar-refractivity contribution in [3.63, 3.8) is 0 Å². The molecule has 24 heavy (non-hydrogen) atoms. The van der Waals surface area contributed by atoms with Gasteiger partial charge in [0.1, 0.15) is 18.2 Å². The van der Waals surface area contributed by atoms with Gasteiger partial charge >= 0.3 is 0 Å². The molecule has 0 aliphatic heterocycles. The van der Waals surface area contributed by atoms with Crippen LogP contribution >= 0.6 is 11.6 Å². The maximum atomic E-state index is 5.91. The number of benzene rings is 2. The minimum Gasteiger partial charge on any atom is -0.486 e. The average molecular weight is 343 g/mol. The van der Waals surface area contributed by atoms with Crippen LogP contribution in [0.1, 0.15) is 31.5 Å². The third kappa shape index (κ3) is 4.30. The fourth-order valence-electron chi connectivity index (χ4n) is 2.87. The van der Waals surface area contributed by atoms with Crippen molar-refractivity contribution in [1.29, 1.82) is 0 Å². The van der Waals surface area contributed by atoms with E-state index in [0.29, 0.717) is 6.61 Å². The summed E-state index contributed by atoms with van der Waals surface area (Å²) in [6, 6.07) is 18.2. The van der Waals surface area contributed by atoms with E-state index in [1.54, 1.807) is 0 Å². The van der Waals surface area contributed by atoms with Gasteiger partial charge in [-0.2, -0.15) is 0 Å². The lowest BCUT2D eigenvalue weighted by molar-refractivity contribution is 0.289. The van der Waals surface area contributed by atoms with Crippen molar-refractivity contribution in [1.82, 2.24) is 9.55 Å². The number of aryl methyl sites for hydroxylation is 1. The minimum absolute atomic E-state index is 0.486. The van der Waals surface area contributed by atoms with Crippen LogP contribution in [0.25, 0.3) is 11.0 Å². The van der Waals surface area contributed by atoms with Crippen molar-refractivity contribution in [2.24, 2.45) is 0 Å². The number of alkyl halides is 1. The Balaban J connectivity index is 1.72. The van der Waals surface area contributed by atoms with Gasteiger partial charge in [0.05, 0.1) is 11.0 Å². The van der Waals surface area contributed by atoms with E-state index in [0.717, 1.165) is 42.4 Å². The molecule has 126 valence electrons. The molecule has 0 amide bonds. The maximum absolute atomic E-state index is 5.91. The Morgan fingerprint density at radius 1 is 0.875 bits per heavy atom. The van der Waals surface area contributed by atoms with Crippen LogP contribution in [0.3, 0.4) is 0 Å². The monoisotopic (exact) mass is 342 g/mol. The van der Waals surface area contributed by atoms with Crippen molar-refractivity contribution in [3.05, 3.63) is 60.4 Å². The van der Waals surface area contributed by atoms with E-state index in [2.05, 4.69) is 22.8 Å². The quantitative estimate of drug-likeness (QED) is 0.384. The van der Waals surface area contributed by atoms with E-state index < -0.39 is 0 Å². The van der Waals surface area contributed by atoms with Crippen LogP contribution in [0.5, 0.6) is 5.75 Å². The highest BCUT2D eigenvalue weighted by atomic mass is 35.5. The number of hydrogen-bond acceptors (Lipinski definition) is 2. The van der Waals surface area contributed by atoms with E-state index in [1.165, 1.54) is 18.4 Å². The molecule has 0 aliphatic rings. The van der Waals surface area contributed by atoms with Crippen LogP contribution in [0, 0.1) is 0 Å². The second-order valence-corrected chi connectivity index (χ2v) is 6.25. The highest BCUT2D eigenvalue weighted by Gasteiger charge is 2.10. The second kappa shape index (κ2) is 8.74. The SMILES string of the molecule is ClCCCCCCn1c(COc2ccccc2)nc2ccccc21. The largest absolute Gasteiger partial charge is 0.486 e. The zero-order valence-corrected chi connectivity index (χ0v) is 14.6. The number of fused-ring (bicyclic) bond motifs is 1. The lowest BCUT2D eigenvalue weighted by atomic mass is 10.2. The first kappa shape index (κ1) is 16.8. The zero-order chi connectivity index (χ0) is 16.6. The molecule has 0 saturated carbocycles. The number of ether oxygens (including phenoxy) is 1. The third-order valence-electron chi connectivity index (χ3n) is 4.11. The number of rotatable bonds is 9. The summed E-state index contributed by atoms with van der Waals surface area (Å²) < 4.78 is 8.20. The predicted molar refractivity (Wildman–Crippen MR) is 99.7 cm³/mol. The van der Waals surface area contributed by atoms with E-state index >= 15 is 0 Å². The molecule has 3 rings (SSSR count). The van der Waals surface area contributed by atoms with Gasteiger partial charge in [-0.25, -0.2) is 4.98 Å². The Labute approximate surface area is 148 Å². The summed E-state index contributed by atoms with van der Waals surface area (Å²) in [5.41, 5.74) is 2.21. The number of para-hydroxylation sites is 3. The third-order valence-corrected chi connectivity index (χ3v) is 4.38. The minimum atomic E-state index is 0.486. The fourth-order valence-corrected chi connectivity index (χ4v) is 3.06. The molecule has 0 N–H and O–H groups in total. The van der Waals surface area contributed by atoms with E-state index in [4.69, 9.17) is 21.3 Å². The first-order chi connectivity index (χ1) is 11.9. The predicted octanol–water partition coefficient (Wildman–Crippen LogP) is 5.41. The maximum Gasteiger partial charge on any atom is 0.147 e. The highest BCUT2D eigenvalue weighted by Crippen LogP contribution is 2.19. The Hall–Kier alpha value is -2.00. The molecule has 0 spiro atoms. The van der Waals surface area contributed by atoms with Gasteiger partial charge in [0.15, 0.2) is 0 Å². The van der Waals surface area contributed by atoms with E-state index in [9.17, 15) is 0 Å². The summed E-state index contributed by atoms with van der Waals surface area (Å²) in [7, 11) is 0. The summed E-state index contributed by atoms with van der Waals surface area (Å²) in [5, 5.41) is 0. The molecule has 0 aliphatic carbocycles. The standard InChI is InChI=1S/C20H23ClN2O/c21-14-8-1-2-9-15-23-19-13-7-6-12-18(19)22-20(23)16-24-17-10-4-3-5-11-17/h3-7,10-13H,1-2,8-9,14-16H2. The molecule has 3 aromatic rings. The van der Waals surface area contributed by atoms with Gasteiger partial charge in [-0.3, -0.25) is 0 Å². The van der Waals surface area contributed by atoms with Gasteiger partial charge in [0, 0.05) is 12.4 Å². The Bertz CT molecular complexity index is 755. The Morgan fingerprint density at radius 3 is 2.46 bits per heavy atom. The first-order valence-electron chi connectivity index (χ1n) is 8.56. The highest BCUT2D eigenvalue weighted by molar-refractivity contribution is 6.17. The lowest BCUT2D eigenvalue weighted by Gasteiger charge is -2.10. The summed E-state index contributed by atoms with van der Waals surface area (Å²) in [4.78, 5) is 4.76. The molecule has 1 heterocycles. The van der Waals surface area contributed by atoms with Crippen molar-refractivity contribution in [3.8, 4) is 5.75 Å². The average Bonchev–Trinajstić information content (AvgIpc) is 2.98. The molecule has 0 atom stereocenters. The number of unbranched alkanes of at least 4 members (excludes halogenated alkanes) is 3. The van der Waals surface area contributed by atoms with Crippen LogP contribution < -0.4 is 4.74 Å². The molecule has 3 nitrogen and oxygen atoms in total. The summed E-state index contributed by atoms with van der Waals surface area (Å²) in [6.07, 6.45) is 4.61. The normalized spacial score (nSPS) is 11.0. The zero-order valence-electron chi connectivity index (χ0n) is 13.8. The van der Waals surface area contributed by atoms with Crippen molar-refractivity contribution < 1.29 is 4.74 Å². The molecule has 0 unspecified atom stereocenters. The lowest BCUT2D eigenvalue weighted by Crippen LogP contribution is -2.07.